The number of tetrazole rings is 1. The summed E-state index contributed by atoms with van der Waals surface area (Å²) in [6.07, 6.45) is 0.665. The smallest absolute Gasteiger partial charge is 0.245 e. The van der Waals surface area contributed by atoms with Gasteiger partial charge in [-0.3, -0.25) is 0 Å². The molecule has 6 nitrogen and oxygen atoms in total. The lowest BCUT2D eigenvalue weighted by atomic mass is 10.4. The van der Waals surface area contributed by atoms with Gasteiger partial charge < -0.3 is 10.6 Å². The zero-order valence-corrected chi connectivity index (χ0v) is 8.45. The predicted octanol–water partition coefficient (Wildman–Crippen LogP) is -0.678. The first-order valence-corrected chi connectivity index (χ1v) is 4.24. The van der Waals surface area contributed by atoms with Crippen molar-refractivity contribution in [2.45, 2.75) is 6.42 Å². The Hall–Kier alpha value is -1.24. The van der Waals surface area contributed by atoms with Gasteiger partial charge in [0.25, 0.3) is 0 Å². The van der Waals surface area contributed by atoms with Crippen LogP contribution in [0.5, 0.6) is 0 Å². The van der Waals surface area contributed by atoms with Gasteiger partial charge in [-0.15, -0.1) is 0 Å². The number of hydrogen-bond acceptors (Lipinski definition) is 5. The van der Waals surface area contributed by atoms with E-state index >= 15 is 0 Å². The molecule has 0 saturated heterocycles. The summed E-state index contributed by atoms with van der Waals surface area (Å²) in [6, 6.07) is 0. The van der Waals surface area contributed by atoms with Crippen molar-refractivity contribution in [1.29, 1.82) is 0 Å². The normalized spacial score (nSPS) is 10.0. The lowest BCUT2D eigenvalue weighted by Crippen LogP contribution is -2.25. The Kier molecular flexibility index (Phi) is 3.13. The van der Waals surface area contributed by atoms with Gasteiger partial charge in [-0.05, 0) is 10.4 Å². The Morgan fingerprint density at radius 2 is 2.38 bits per heavy atom. The predicted molar refractivity (Wildman–Crippen MR) is 53.5 cm³/mol. The molecule has 0 atom stereocenters. The number of anilines is 1. The second-order valence-electron chi connectivity index (χ2n) is 2.74. The molecule has 0 unspecified atom stereocenters. The van der Waals surface area contributed by atoms with Crippen LogP contribution in [0.15, 0.2) is 0 Å². The summed E-state index contributed by atoms with van der Waals surface area (Å²) >= 11 is 4.77. The number of thiocarbonyl (C=S) groups is 1. The third kappa shape index (κ3) is 2.62. The molecule has 0 aliphatic rings. The summed E-state index contributed by atoms with van der Waals surface area (Å²) in [6.45, 7) is 0.726. The maximum Gasteiger partial charge on any atom is 0.245 e. The Morgan fingerprint density at radius 3 is 2.85 bits per heavy atom. The van der Waals surface area contributed by atoms with Crippen molar-refractivity contribution in [1.82, 2.24) is 20.2 Å². The molecule has 0 saturated carbocycles. The Bertz CT molecular complexity index is 295. The molecule has 0 fully saturated rings. The maximum atomic E-state index is 5.38. The SMILES string of the molecule is CN(CCC(N)=S)c1nnnn1C. The highest BCUT2D eigenvalue weighted by molar-refractivity contribution is 7.80. The molecule has 0 spiro atoms. The number of aryl methyl sites for hydroxylation is 1. The maximum absolute atomic E-state index is 5.38. The molecule has 2 N–H and O–H groups in total. The minimum absolute atomic E-state index is 0.502. The molecule has 72 valence electrons. The van der Waals surface area contributed by atoms with Gasteiger partial charge in [-0.2, -0.15) is 0 Å². The average molecular weight is 200 g/mol. The van der Waals surface area contributed by atoms with Crippen LogP contribution in [-0.2, 0) is 7.05 Å². The van der Waals surface area contributed by atoms with Gasteiger partial charge in [-0.1, -0.05) is 17.3 Å². The van der Waals surface area contributed by atoms with Crippen LogP contribution in [-0.4, -0.2) is 38.8 Å². The fourth-order valence-corrected chi connectivity index (χ4v) is 1.02. The second kappa shape index (κ2) is 4.13. The largest absolute Gasteiger partial charge is 0.393 e. The molecule has 0 radical (unpaired) electrons. The summed E-state index contributed by atoms with van der Waals surface area (Å²) in [4.78, 5) is 2.40. The first kappa shape index (κ1) is 9.85. The molecule has 0 amide bonds. The van der Waals surface area contributed by atoms with Gasteiger partial charge in [0.05, 0.1) is 4.99 Å². The molecular weight excluding hydrogens is 188 g/mol. The molecule has 0 bridgehead atoms. The molecule has 1 aromatic rings. The number of rotatable bonds is 4. The molecule has 7 heteroatoms. The average Bonchev–Trinajstić information content (AvgIpc) is 2.47. The van der Waals surface area contributed by atoms with Gasteiger partial charge in [0, 0.05) is 27.1 Å². The van der Waals surface area contributed by atoms with Crippen LogP contribution in [0.2, 0.25) is 0 Å². The van der Waals surface area contributed by atoms with E-state index in [9.17, 15) is 0 Å². The van der Waals surface area contributed by atoms with Crippen molar-refractivity contribution in [3.05, 3.63) is 0 Å². The van der Waals surface area contributed by atoms with Crippen molar-refractivity contribution in [3.63, 3.8) is 0 Å². The fraction of sp³-hybridized carbons (Fsp3) is 0.667. The lowest BCUT2D eigenvalue weighted by molar-refractivity contribution is 0.697. The topological polar surface area (TPSA) is 72.9 Å². The van der Waals surface area contributed by atoms with Gasteiger partial charge >= 0.3 is 0 Å². The van der Waals surface area contributed by atoms with E-state index < -0.39 is 0 Å². The van der Waals surface area contributed by atoms with E-state index in [1.807, 2.05) is 11.9 Å². The minimum Gasteiger partial charge on any atom is -0.393 e. The van der Waals surface area contributed by atoms with E-state index in [-0.39, 0.29) is 0 Å². The van der Waals surface area contributed by atoms with Crippen LogP contribution in [0.25, 0.3) is 0 Å². The molecular formula is C6H12N6S. The molecule has 1 rings (SSSR count). The van der Waals surface area contributed by atoms with Crippen LogP contribution >= 0.6 is 12.2 Å². The van der Waals surface area contributed by atoms with Crippen LogP contribution in [0.1, 0.15) is 6.42 Å². The number of aromatic nitrogens is 4. The zero-order chi connectivity index (χ0) is 9.84. The molecule has 0 aliphatic carbocycles. The van der Waals surface area contributed by atoms with E-state index in [1.54, 1.807) is 11.7 Å². The van der Waals surface area contributed by atoms with Crippen LogP contribution in [0.4, 0.5) is 5.95 Å². The van der Waals surface area contributed by atoms with Crippen LogP contribution < -0.4 is 10.6 Å². The minimum atomic E-state index is 0.502. The van der Waals surface area contributed by atoms with E-state index in [4.69, 9.17) is 18.0 Å². The summed E-state index contributed by atoms with van der Waals surface area (Å²) in [5.74, 6) is 0.705. The van der Waals surface area contributed by atoms with E-state index in [2.05, 4.69) is 15.5 Å². The molecule has 1 heterocycles. The third-order valence-electron chi connectivity index (χ3n) is 1.63. The Labute approximate surface area is 81.7 Å². The van der Waals surface area contributed by atoms with Gasteiger partial charge in [0.2, 0.25) is 5.95 Å². The lowest BCUT2D eigenvalue weighted by Gasteiger charge is -2.15. The standard InChI is InChI=1S/C6H12N6S/c1-11(4-3-5(7)13)6-8-9-10-12(6)2/h3-4H2,1-2H3,(H2,7,13). The fourth-order valence-electron chi connectivity index (χ4n) is 0.926. The van der Waals surface area contributed by atoms with Crippen LogP contribution in [0.3, 0.4) is 0 Å². The van der Waals surface area contributed by atoms with Crippen LogP contribution in [0, 0.1) is 0 Å². The number of nitrogens with zero attached hydrogens (tertiary/aromatic N) is 5. The molecule has 13 heavy (non-hydrogen) atoms. The molecule has 0 aliphatic heterocycles. The second-order valence-corrected chi connectivity index (χ2v) is 3.26. The van der Waals surface area contributed by atoms with E-state index in [0.29, 0.717) is 17.4 Å². The van der Waals surface area contributed by atoms with Crippen molar-refractivity contribution in [2.24, 2.45) is 12.8 Å². The number of hydrogen-bond donors (Lipinski definition) is 1. The first-order chi connectivity index (χ1) is 6.11. The highest BCUT2D eigenvalue weighted by Gasteiger charge is 2.07. The zero-order valence-electron chi connectivity index (χ0n) is 7.64. The summed E-state index contributed by atoms with van der Waals surface area (Å²) in [5.41, 5.74) is 5.38. The Morgan fingerprint density at radius 1 is 1.69 bits per heavy atom. The van der Waals surface area contributed by atoms with Crippen molar-refractivity contribution < 1.29 is 0 Å². The van der Waals surface area contributed by atoms with Gasteiger partial charge in [0.15, 0.2) is 0 Å². The molecule has 0 aromatic carbocycles. The summed E-state index contributed by atoms with van der Waals surface area (Å²) < 4.78 is 1.60. The number of nitrogens with two attached hydrogens (primary N) is 1. The highest BCUT2D eigenvalue weighted by Crippen LogP contribution is 2.03. The van der Waals surface area contributed by atoms with Crippen molar-refractivity contribution in [3.8, 4) is 0 Å². The van der Waals surface area contributed by atoms with Gasteiger partial charge in [0.1, 0.15) is 0 Å². The van der Waals surface area contributed by atoms with E-state index in [1.165, 1.54) is 0 Å². The third-order valence-corrected chi connectivity index (χ3v) is 1.84. The summed E-state index contributed by atoms with van der Waals surface area (Å²) in [5, 5.41) is 11.1. The monoisotopic (exact) mass is 200 g/mol. The van der Waals surface area contributed by atoms with Crippen molar-refractivity contribution >= 4 is 23.2 Å². The van der Waals surface area contributed by atoms with Gasteiger partial charge in [-0.25, -0.2) is 4.68 Å². The molecule has 1 aromatic heterocycles. The highest BCUT2D eigenvalue weighted by atomic mass is 32.1. The first-order valence-electron chi connectivity index (χ1n) is 3.83. The van der Waals surface area contributed by atoms with E-state index in [0.717, 1.165) is 6.54 Å². The summed E-state index contributed by atoms with van der Waals surface area (Å²) in [7, 11) is 3.68. The Balaban J connectivity index is 2.53. The quantitative estimate of drug-likeness (QED) is 0.649. The van der Waals surface area contributed by atoms with Crippen molar-refractivity contribution in [2.75, 3.05) is 18.5 Å².